The smallest absolute Gasteiger partial charge is 0.364 e. The lowest BCUT2D eigenvalue weighted by molar-refractivity contribution is -0.381. The molecule has 19 nitrogen and oxygen atoms in total. The Kier molecular flexibility index (Phi) is 13.4. The molecule has 12 N–H and O–H groups in total. The third-order valence-electron chi connectivity index (χ3n) is 8.89. The number of aliphatic carboxylic acids is 1. The average Bonchev–Trinajstić information content (AvgIpc) is 3.08. The molecule has 0 bridgehead atoms. The number of carboxylic acids is 1. The van der Waals surface area contributed by atoms with Crippen LogP contribution in [0.25, 0.3) is 0 Å². The number of carbonyl (C=O) groups is 2. The number of carbonyl (C=O) groups excluding carboxylic acids is 1. The van der Waals surface area contributed by atoms with Gasteiger partial charge in [0.2, 0.25) is 5.91 Å². The van der Waals surface area contributed by atoms with Gasteiger partial charge in [0, 0.05) is 6.42 Å². The molecule has 0 aromatic heterocycles. The number of ether oxygens (including phenoxy) is 5. The number of amides is 1. The molecule has 4 rings (SSSR count). The highest BCUT2D eigenvalue weighted by molar-refractivity contribution is 5.79. The van der Waals surface area contributed by atoms with E-state index < -0.39 is 136 Å². The number of rotatable bonds is 13. The van der Waals surface area contributed by atoms with E-state index in [1.807, 2.05) is 0 Å². The predicted molar refractivity (Wildman–Crippen MR) is 158 cm³/mol. The average molecular weight is 708 g/mol. The molecule has 1 aromatic rings. The van der Waals surface area contributed by atoms with Crippen molar-refractivity contribution in [1.82, 2.24) is 5.32 Å². The minimum absolute atomic E-state index is 0.200. The molecule has 278 valence electrons. The fraction of sp³-hybridized carbons (Fsp3) is 0.733. The molecule has 3 fully saturated rings. The fourth-order valence-corrected chi connectivity index (χ4v) is 6.15. The molecule has 0 spiro atoms. The third-order valence-corrected chi connectivity index (χ3v) is 8.89. The van der Waals surface area contributed by atoms with Crippen LogP contribution in [-0.4, -0.2) is 185 Å². The molecule has 3 heterocycles. The number of carboxylic acid groups (broad SMARTS) is 1. The van der Waals surface area contributed by atoms with Crippen molar-refractivity contribution in [3.05, 3.63) is 35.9 Å². The summed E-state index contributed by atoms with van der Waals surface area (Å²) in [7, 11) is 0. The summed E-state index contributed by atoms with van der Waals surface area (Å²) in [5, 5.41) is 118. The molecule has 16 atom stereocenters. The first-order chi connectivity index (χ1) is 23.2. The molecule has 3 aliphatic rings. The van der Waals surface area contributed by atoms with E-state index in [0.717, 1.165) is 0 Å². The number of aliphatic hydroxyl groups is 10. The van der Waals surface area contributed by atoms with Gasteiger partial charge in [0.15, 0.2) is 6.29 Å². The van der Waals surface area contributed by atoms with Gasteiger partial charge in [0.05, 0.1) is 44.5 Å². The van der Waals surface area contributed by atoms with Crippen LogP contribution in [0.4, 0.5) is 0 Å². The lowest BCUT2D eigenvalue weighted by Gasteiger charge is -2.50. The van der Waals surface area contributed by atoms with E-state index in [1.54, 1.807) is 30.3 Å². The molecule has 1 amide bonds. The summed E-state index contributed by atoms with van der Waals surface area (Å²) in [4.78, 5) is 25.7. The first-order valence-electron chi connectivity index (χ1n) is 15.7. The molecule has 19 heteroatoms. The van der Waals surface area contributed by atoms with E-state index in [2.05, 4.69) is 5.32 Å². The quantitative estimate of drug-likeness (QED) is 0.0908. The predicted octanol–water partition coefficient (Wildman–Crippen LogP) is -5.93. The van der Waals surface area contributed by atoms with Crippen LogP contribution in [0.3, 0.4) is 0 Å². The van der Waals surface area contributed by atoms with Crippen molar-refractivity contribution in [3.63, 3.8) is 0 Å². The second-order valence-electron chi connectivity index (χ2n) is 12.3. The Morgan fingerprint density at radius 1 is 0.918 bits per heavy atom. The standard InChI is InChI=1S/C30H45NO18/c1-12-20(38)23(41)25(17(11-34)45-12)47-28-24(42)27(22(40)16(10-33)46-28)49-30(29(43)44)8-14(35)19(26(48-30)21(39)15(36)9-32)31-18(37)7-13-5-3-2-4-6-13/h2-6,12,14-17,19-28,32-36,38-42H,7-11H2,1H3,(H,31,37)(H,43,44)/t12?,14-,15-,16?,17?,19-,20-,21-,22+,23-,24?,25-,26?,27+,28+,30+/m1/s1. The van der Waals surface area contributed by atoms with E-state index in [0.29, 0.717) is 5.56 Å². The van der Waals surface area contributed by atoms with Crippen molar-refractivity contribution in [2.45, 2.75) is 117 Å². The van der Waals surface area contributed by atoms with Crippen LogP contribution in [0, 0.1) is 0 Å². The zero-order valence-electron chi connectivity index (χ0n) is 26.4. The Morgan fingerprint density at radius 3 is 2.16 bits per heavy atom. The van der Waals surface area contributed by atoms with Gasteiger partial charge in [-0.05, 0) is 12.5 Å². The first-order valence-corrected chi connectivity index (χ1v) is 15.7. The van der Waals surface area contributed by atoms with Gasteiger partial charge in [-0.3, -0.25) is 4.79 Å². The van der Waals surface area contributed by atoms with Gasteiger partial charge < -0.3 is 85.2 Å². The summed E-state index contributed by atoms with van der Waals surface area (Å²) < 4.78 is 27.9. The van der Waals surface area contributed by atoms with Gasteiger partial charge >= 0.3 is 5.97 Å². The molecule has 0 aliphatic carbocycles. The van der Waals surface area contributed by atoms with Crippen LogP contribution in [0.5, 0.6) is 0 Å². The summed E-state index contributed by atoms with van der Waals surface area (Å²) in [6.07, 6.45) is -25.8. The Hall–Kier alpha value is -2.44. The maximum Gasteiger partial charge on any atom is 0.364 e. The number of hydrogen-bond acceptors (Lipinski definition) is 17. The molecule has 5 unspecified atom stereocenters. The van der Waals surface area contributed by atoms with Gasteiger partial charge in [-0.25, -0.2) is 4.79 Å². The summed E-state index contributed by atoms with van der Waals surface area (Å²) in [6, 6.07) is 6.80. The van der Waals surface area contributed by atoms with Crippen molar-refractivity contribution < 1.29 is 89.4 Å². The second kappa shape index (κ2) is 16.7. The molecule has 49 heavy (non-hydrogen) atoms. The number of hydrogen-bond donors (Lipinski definition) is 12. The maximum atomic E-state index is 12.9. The monoisotopic (exact) mass is 707 g/mol. The lowest BCUT2D eigenvalue weighted by atomic mass is 9.88. The van der Waals surface area contributed by atoms with Crippen molar-refractivity contribution in [2.75, 3.05) is 19.8 Å². The molecule has 0 radical (unpaired) electrons. The molecular formula is C30H45NO18. The summed E-state index contributed by atoms with van der Waals surface area (Å²) in [6.45, 7) is -1.28. The highest BCUT2D eigenvalue weighted by Crippen LogP contribution is 2.38. The normalized spacial score (nSPS) is 41.1. The zero-order valence-corrected chi connectivity index (χ0v) is 26.4. The van der Waals surface area contributed by atoms with Crippen LogP contribution in [-0.2, 0) is 39.7 Å². The van der Waals surface area contributed by atoms with Crippen molar-refractivity contribution in [1.29, 1.82) is 0 Å². The second-order valence-corrected chi connectivity index (χ2v) is 12.3. The van der Waals surface area contributed by atoms with Crippen LogP contribution < -0.4 is 5.32 Å². The van der Waals surface area contributed by atoms with Crippen LogP contribution in [0.15, 0.2) is 30.3 Å². The highest BCUT2D eigenvalue weighted by Gasteiger charge is 2.60. The topological polar surface area (TPSA) is 315 Å². The fourth-order valence-electron chi connectivity index (χ4n) is 6.15. The molecule has 3 saturated heterocycles. The van der Waals surface area contributed by atoms with Crippen LogP contribution in [0.1, 0.15) is 18.9 Å². The minimum atomic E-state index is -3.03. The molecule has 0 saturated carbocycles. The zero-order chi connectivity index (χ0) is 36.2. The third kappa shape index (κ3) is 8.55. The summed E-state index contributed by atoms with van der Waals surface area (Å²) in [5.41, 5.74) is 0.571. The van der Waals surface area contributed by atoms with Crippen molar-refractivity contribution >= 4 is 11.9 Å². The summed E-state index contributed by atoms with van der Waals surface area (Å²) in [5.74, 6) is -5.66. The molecule has 1 aromatic carbocycles. The van der Waals surface area contributed by atoms with Gasteiger partial charge in [0.1, 0.15) is 67.1 Å². The maximum absolute atomic E-state index is 12.9. The number of benzene rings is 1. The highest BCUT2D eigenvalue weighted by atomic mass is 16.8. The number of aliphatic hydroxyl groups excluding tert-OH is 10. The van der Waals surface area contributed by atoms with Crippen LogP contribution in [0.2, 0.25) is 0 Å². The Labute approximate surface area is 279 Å². The molecular weight excluding hydrogens is 662 g/mol. The lowest BCUT2D eigenvalue weighted by Crippen LogP contribution is -2.71. The van der Waals surface area contributed by atoms with Gasteiger partial charge in [-0.1, -0.05) is 30.3 Å². The Morgan fingerprint density at radius 2 is 1.57 bits per heavy atom. The molecule has 3 aliphatic heterocycles. The van der Waals surface area contributed by atoms with E-state index in [-0.39, 0.29) is 6.42 Å². The Balaban J connectivity index is 1.62. The number of nitrogens with one attached hydrogen (secondary N) is 1. The van der Waals surface area contributed by atoms with Gasteiger partial charge in [0.25, 0.3) is 5.79 Å². The SMILES string of the molecule is CC1OC(CO)[C@@H](O[C@@H]2OC(CO)[C@H](O)[C@H](O[C@]3(C(=O)O)C[C@@H](O)[C@@H](NC(=O)Cc4ccccc4)C([C@H](O)[C@H](O)CO)O3)C2O)[C@H](O)[C@@H]1O. The van der Waals surface area contributed by atoms with E-state index in [1.165, 1.54) is 6.92 Å². The van der Waals surface area contributed by atoms with E-state index in [9.17, 15) is 65.8 Å². The largest absolute Gasteiger partial charge is 0.477 e. The van der Waals surface area contributed by atoms with Crippen molar-refractivity contribution in [3.8, 4) is 0 Å². The van der Waals surface area contributed by atoms with E-state index in [4.69, 9.17) is 23.7 Å². The first kappa shape index (κ1) is 39.3. The van der Waals surface area contributed by atoms with Crippen molar-refractivity contribution in [2.24, 2.45) is 0 Å². The van der Waals surface area contributed by atoms with Crippen LogP contribution >= 0.6 is 0 Å². The summed E-state index contributed by atoms with van der Waals surface area (Å²) >= 11 is 0. The van der Waals surface area contributed by atoms with Gasteiger partial charge in [-0.15, -0.1) is 0 Å². The minimum Gasteiger partial charge on any atom is -0.477 e. The van der Waals surface area contributed by atoms with Gasteiger partial charge in [-0.2, -0.15) is 0 Å². The Bertz CT molecular complexity index is 1230. The van der Waals surface area contributed by atoms with E-state index >= 15 is 0 Å².